The summed E-state index contributed by atoms with van der Waals surface area (Å²) in [5, 5.41) is 32.8. The molecule has 15 rings (SSSR count). The SMILES string of the molecule is C=C(C)[C@@H]1CC[C@]2(CO)CC[C@]3(C)C(CCC4[C@@]5(C)CC[C@H](C)[C@@](C)(CO[Si](C)(C)C(C)(C)C)C5CC[C@]43C)C12.C=C(C)[C@@H]1CC[C@]2(COC)CC[C@]3(C)C(CCC4[C@@]5(C)CC[C@H](C)[C@@](C)(CO[Si](C)(C)C(C)(C)C)C5CC[C@]43C)C12.C=C(C)[C@@H]1CC[C@]2(COC)CC[C@]3(C)C(CCC4[C@@]5(C)CC[C@H](O)[C@@](C)(CO)C5CC[C@]43C)C12.Cl.[2H]C. The zero-order chi connectivity index (χ0) is 86.9. The third-order valence-corrected chi connectivity index (χ3v) is 55.7. The van der Waals surface area contributed by atoms with Gasteiger partial charge in [-0.25, -0.2) is 0 Å². The Balaban J connectivity index is 0.000000172. The first-order valence-electron chi connectivity index (χ1n) is 50.2. The van der Waals surface area contributed by atoms with E-state index in [0.717, 1.165) is 105 Å². The highest BCUT2D eigenvalue weighted by Crippen LogP contribution is 2.83. The minimum atomic E-state index is -1.80. The second-order valence-electron chi connectivity index (χ2n) is 52.4. The number of halogens is 1. The smallest absolute Gasteiger partial charge is 0.192 e. The summed E-state index contributed by atoms with van der Waals surface area (Å²) in [6, 6.07) is 0. The Morgan fingerprint density at radius 3 is 0.949 bits per heavy atom. The lowest BCUT2D eigenvalue weighted by Crippen LogP contribution is -2.67. The van der Waals surface area contributed by atoms with E-state index < -0.39 is 16.6 Å². The quantitative estimate of drug-likeness (QED) is 0.111. The van der Waals surface area contributed by atoms with E-state index in [-0.39, 0.29) is 62.3 Å². The van der Waals surface area contributed by atoms with Gasteiger partial charge in [0.15, 0.2) is 16.6 Å². The summed E-state index contributed by atoms with van der Waals surface area (Å²) in [7, 11) is 1.52. The standard InChI is InChI=1S/C38H68O2Si.C37H66O2Si.C31H52O3.CH4.ClH/c1-26(2)28-17-21-38(25-39-11)23-22-36(9)29(32(28)38)14-15-31-34(7)19-16-27(3)35(8,30(34)18-20-37(31,36)10)24-40-41(12,13)33(4,5)6;1-25(2)27-16-20-37(23-38)22-21-35(9)28(31(27)37)13-14-30-33(7)18-15-26(3)34(8,29(33)17-19-36(30,35)10)24-39-40(11,12)32(4,5)6;1-20(2)21-10-15-31(19-34-7)17-16-29(5)22(26(21)31)8-9-24-27(3)13-12-25(33)28(4,18-32)23(27)11-14-30(24,29)6;;/h27-32H,1,14-25H2,2-13H3;26-31,38H,1,13-24H2,2-12H3;21-26,32-33H,1,8-19H2,2-7H3;1H4;1H/t27-,28-,29?,30?,31?,32?,34-,35+,36+,37+,38+;26-,27-,28?,29?,30?,31?,33-,34+,35+,36+,37+;21-,22?,23?,24?,25-,26?,27-,28-,29+,30+,31+;;/m000../s1/i;;;1D;. The fourth-order valence-corrected chi connectivity index (χ4v) is 39.0. The van der Waals surface area contributed by atoms with Gasteiger partial charge in [0, 0.05) is 40.8 Å². The predicted octanol–water partition coefficient (Wildman–Crippen LogP) is 28.9. The molecular weight excluding hydrogens is 1490 g/mol. The first kappa shape index (κ1) is 95.8. The van der Waals surface area contributed by atoms with Crippen LogP contribution in [0.5, 0.6) is 0 Å². The number of rotatable bonds is 15. The van der Waals surface area contributed by atoms with Crippen LogP contribution < -0.4 is 0 Å². The highest BCUT2D eigenvalue weighted by molar-refractivity contribution is 6.74. The van der Waals surface area contributed by atoms with Gasteiger partial charge in [0.2, 0.25) is 0 Å². The van der Waals surface area contributed by atoms with Crippen molar-refractivity contribution in [1.29, 1.82) is 0 Å². The molecule has 0 amide bonds. The predicted molar refractivity (Wildman–Crippen MR) is 502 cm³/mol. The summed E-state index contributed by atoms with van der Waals surface area (Å²) in [4.78, 5) is 0. The highest BCUT2D eigenvalue weighted by Gasteiger charge is 2.76. The molecule has 0 aromatic heterocycles. The molecular formula is C107H191ClO7Si2. The third-order valence-electron chi connectivity index (χ3n) is 46.7. The molecule has 0 heterocycles. The molecule has 0 aliphatic heterocycles. The fourth-order valence-electron chi connectivity index (χ4n) is 36.8. The topological polar surface area (TPSA) is 97.6 Å². The molecule has 0 bridgehead atoms. The van der Waals surface area contributed by atoms with E-state index >= 15 is 0 Å². The lowest BCUT2D eigenvalue weighted by Gasteiger charge is -2.73. The van der Waals surface area contributed by atoms with Gasteiger partial charge in [-0.1, -0.05) is 182 Å². The molecule has 0 radical (unpaired) electrons. The van der Waals surface area contributed by atoms with Gasteiger partial charge in [0.05, 0.1) is 25.9 Å². The maximum absolute atomic E-state index is 11.0. The van der Waals surface area contributed by atoms with E-state index in [4.69, 9.17) is 19.7 Å². The van der Waals surface area contributed by atoms with Crippen molar-refractivity contribution in [3.05, 3.63) is 36.5 Å². The molecule has 117 heavy (non-hydrogen) atoms. The molecule has 15 aliphatic rings. The van der Waals surface area contributed by atoms with Crippen LogP contribution in [-0.4, -0.2) is 91.9 Å². The van der Waals surface area contributed by atoms with E-state index in [1.165, 1.54) is 197 Å². The van der Waals surface area contributed by atoms with Crippen LogP contribution in [0.4, 0.5) is 0 Å². The highest BCUT2D eigenvalue weighted by atomic mass is 35.5. The van der Waals surface area contributed by atoms with Crippen molar-refractivity contribution in [3.63, 3.8) is 0 Å². The molecule has 15 fully saturated rings. The van der Waals surface area contributed by atoms with Gasteiger partial charge in [-0.05, 0) is 426 Å². The summed E-state index contributed by atoms with van der Waals surface area (Å²) in [5.74, 6) is 12.0. The van der Waals surface area contributed by atoms with Crippen LogP contribution in [0.1, 0.15) is 361 Å². The molecule has 33 atom stereocenters. The van der Waals surface area contributed by atoms with Gasteiger partial charge in [0.1, 0.15) is 0 Å². The van der Waals surface area contributed by atoms with Crippen molar-refractivity contribution in [3.8, 4) is 0 Å². The lowest BCUT2D eigenvalue weighted by molar-refractivity contribution is -0.255. The average molecular weight is 1680 g/mol. The summed E-state index contributed by atoms with van der Waals surface area (Å²) < 4.78 is 31.9. The number of fused-ring (bicyclic) bond motifs is 21. The molecule has 12 unspecified atom stereocenters. The molecule has 0 saturated heterocycles. The minimum absolute atomic E-state index is 0. The van der Waals surface area contributed by atoms with Crippen molar-refractivity contribution in [2.24, 2.45) is 182 Å². The molecule has 7 nitrogen and oxygen atoms in total. The molecule has 0 spiro atoms. The fraction of sp³-hybridized carbons (Fsp3) is 0.944. The van der Waals surface area contributed by atoms with Crippen LogP contribution in [0.25, 0.3) is 0 Å². The second-order valence-corrected chi connectivity index (χ2v) is 62.0. The van der Waals surface area contributed by atoms with E-state index in [2.05, 4.69) is 205 Å². The van der Waals surface area contributed by atoms with Gasteiger partial charge < -0.3 is 33.6 Å². The molecule has 3 N–H and O–H groups in total. The maximum atomic E-state index is 11.0. The summed E-state index contributed by atoms with van der Waals surface area (Å²) in [5.41, 5.74) is 8.55. The van der Waals surface area contributed by atoms with Gasteiger partial charge in [-0.3, -0.25) is 0 Å². The average Bonchev–Trinajstić information content (AvgIpc) is 1.14. The number of ether oxygens (including phenoxy) is 2. The van der Waals surface area contributed by atoms with Gasteiger partial charge in [-0.15, -0.1) is 12.4 Å². The Labute approximate surface area is 733 Å². The van der Waals surface area contributed by atoms with Gasteiger partial charge in [0.25, 0.3) is 0 Å². The van der Waals surface area contributed by atoms with Crippen LogP contribution in [0.3, 0.4) is 0 Å². The first-order chi connectivity index (χ1) is 54.1. The molecule has 15 saturated carbocycles. The Bertz CT molecular complexity index is 3560. The van der Waals surface area contributed by atoms with E-state index in [1.54, 1.807) is 0 Å². The van der Waals surface area contributed by atoms with Crippen molar-refractivity contribution in [2.75, 3.05) is 53.9 Å². The van der Waals surface area contributed by atoms with Crippen LogP contribution >= 0.6 is 12.4 Å². The van der Waals surface area contributed by atoms with Crippen LogP contribution in [0.15, 0.2) is 36.5 Å². The van der Waals surface area contributed by atoms with Gasteiger partial charge in [-0.2, -0.15) is 0 Å². The maximum Gasteiger partial charge on any atom is 0.192 e. The lowest BCUT2D eigenvalue weighted by atomic mass is 9.32. The zero-order valence-corrected chi connectivity index (χ0v) is 85.2. The molecule has 15 aliphatic carbocycles. The monoisotopic (exact) mass is 1680 g/mol. The Kier molecular flexibility index (Phi) is 26.5. The molecule has 0 aromatic rings. The zero-order valence-electron chi connectivity index (χ0n) is 83.4. The van der Waals surface area contributed by atoms with Crippen molar-refractivity contribution < 1.29 is 35.0 Å². The number of aliphatic hydroxyl groups is 3. The van der Waals surface area contributed by atoms with Gasteiger partial charge >= 0.3 is 0 Å². The third kappa shape index (κ3) is 14.2. The summed E-state index contributed by atoms with van der Waals surface area (Å²) in [6.07, 6.45) is 39.0. The van der Waals surface area contributed by atoms with E-state index in [0.29, 0.717) is 102 Å². The Morgan fingerprint density at radius 1 is 0.368 bits per heavy atom. The molecule has 676 valence electrons. The number of hydrogen-bond acceptors (Lipinski definition) is 7. The van der Waals surface area contributed by atoms with Crippen LogP contribution in [0, 0.1) is 182 Å². The Morgan fingerprint density at radius 2 is 0.658 bits per heavy atom. The summed E-state index contributed by atoms with van der Waals surface area (Å²) in [6.45, 7) is 85.9. The molecule has 10 heteroatoms. The minimum Gasteiger partial charge on any atom is -0.416 e. The second kappa shape index (κ2) is 32.4. The normalized spacial score (nSPS) is 51.4. The van der Waals surface area contributed by atoms with E-state index in [9.17, 15) is 15.3 Å². The number of methoxy groups -OCH3 is 2. The van der Waals surface area contributed by atoms with Crippen LogP contribution in [0.2, 0.25) is 36.3 Å². The summed E-state index contributed by atoms with van der Waals surface area (Å²) >= 11 is 0. The van der Waals surface area contributed by atoms with Crippen molar-refractivity contribution in [2.45, 2.75) is 402 Å². The number of hydrogen-bond donors (Lipinski definition) is 3. The van der Waals surface area contributed by atoms with Crippen molar-refractivity contribution in [1.82, 2.24) is 0 Å². The number of allylic oxidation sites excluding steroid dienone is 3. The van der Waals surface area contributed by atoms with E-state index in [1.807, 2.05) is 14.2 Å². The van der Waals surface area contributed by atoms with Crippen LogP contribution in [-0.2, 0) is 18.3 Å². The van der Waals surface area contributed by atoms with Crippen molar-refractivity contribution >= 4 is 29.0 Å². The number of aliphatic hydroxyl groups excluding tert-OH is 3. The largest absolute Gasteiger partial charge is 0.416 e. The Hall–Kier alpha value is -0.336. The first-order valence-corrected chi connectivity index (χ1v) is 55.0. The molecule has 0 aromatic carbocycles.